The van der Waals surface area contributed by atoms with Crippen molar-refractivity contribution in [3.05, 3.63) is 52.4 Å². The number of anilines is 2. The van der Waals surface area contributed by atoms with Gasteiger partial charge in [0.05, 0.1) is 36.3 Å². The third-order valence-electron chi connectivity index (χ3n) is 7.00. The maximum absolute atomic E-state index is 13.0. The number of thiophene rings is 1. The summed E-state index contributed by atoms with van der Waals surface area (Å²) in [5.74, 6) is -3.63. The standard InChI is InChI=1S/C31H37N3O8S2/c1-5-41-29(39)25-22-13-14-34(30(40)42-31(2,3)4)16-23(22)44-27(25)33-24(35)17-43-19-10-8-9-18(15-19)32-26(36)20-11-6-7-12-21(20)28(37)38/h6-10,15,20-21H,5,11-14,16-17H2,1-4H3,(H,32,36)(H,33,35)(H,37,38). The van der Waals surface area contributed by atoms with Gasteiger partial charge in [-0.15, -0.1) is 23.1 Å². The van der Waals surface area contributed by atoms with Gasteiger partial charge in [-0.3, -0.25) is 14.4 Å². The molecule has 0 spiro atoms. The molecule has 44 heavy (non-hydrogen) atoms. The first-order valence-corrected chi connectivity index (χ1v) is 16.2. The number of hydrogen-bond acceptors (Lipinski definition) is 9. The van der Waals surface area contributed by atoms with Crippen molar-refractivity contribution in [1.82, 2.24) is 4.90 Å². The highest BCUT2D eigenvalue weighted by atomic mass is 32.2. The number of nitrogens with one attached hydrogen (secondary N) is 2. The number of rotatable bonds is 9. The predicted molar refractivity (Wildman–Crippen MR) is 168 cm³/mol. The second-order valence-electron chi connectivity index (χ2n) is 11.4. The van der Waals surface area contributed by atoms with Gasteiger partial charge in [-0.25, -0.2) is 9.59 Å². The summed E-state index contributed by atoms with van der Waals surface area (Å²) in [6.45, 7) is 7.92. The lowest BCUT2D eigenvalue weighted by atomic mass is 9.82. The van der Waals surface area contributed by atoms with Crippen LogP contribution in [0.2, 0.25) is 0 Å². The number of hydrogen-bond donors (Lipinski definition) is 3. The van der Waals surface area contributed by atoms with E-state index in [0.717, 1.165) is 15.3 Å². The highest BCUT2D eigenvalue weighted by Gasteiger charge is 2.34. The summed E-state index contributed by atoms with van der Waals surface area (Å²) < 4.78 is 10.8. The number of allylic oxidation sites excluding steroid dienone is 2. The molecule has 0 fully saturated rings. The van der Waals surface area contributed by atoms with Gasteiger partial charge in [0.15, 0.2) is 0 Å². The van der Waals surface area contributed by atoms with E-state index in [1.165, 1.54) is 23.1 Å². The van der Waals surface area contributed by atoms with Gasteiger partial charge in [-0.1, -0.05) is 18.2 Å². The Morgan fingerprint density at radius 2 is 1.82 bits per heavy atom. The highest BCUT2D eigenvalue weighted by Crippen LogP contribution is 2.38. The Kier molecular flexibility index (Phi) is 10.7. The molecule has 0 radical (unpaired) electrons. The van der Waals surface area contributed by atoms with Crippen LogP contribution in [-0.2, 0) is 36.8 Å². The molecule has 0 saturated carbocycles. The summed E-state index contributed by atoms with van der Waals surface area (Å²) in [5.41, 5.74) is 0.944. The number of carbonyl (C=O) groups excluding carboxylic acids is 4. The minimum absolute atomic E-state index is 0.0285. The summed E-state index contributed by atoms with van der Waals surface area (Å²) in [6.07, 6.45) is 4.26. The number of thioether (sulfide) groups is 1. The van der Waals surface area contributed by atoms with Gasteiger partial charge in [-0.2, -0.15) is 0 Å². The first kappa shape index (κ1) is 33.1. The number of aliphatic carboxylic acids is 1. The van der Waals surface area contributed by atoms with Crippen LogP contribution in [0.15, 0.2) is 41.3 Å². The van der Waals surface area contributed by atoms with Gasteiger partial charge >= 0.3 is 18.0 Å². The van der Waals surface area contributed by atoms with Crippen molar-refractivity contribution in [2.75, 3.05) is 29.5 Å². The molecule has 0 saturated heterocycles. The molecule has 1 aromatic carbocycles. The minimum Gasteiger partial charge on any atom is -0.481 e. The van der Waals surface area contributed by atoms with E-state index < -0.39 is 35.5 Å². The molecule has 13 heteroatoms. The molecule has 1 aliphatic heterocycles. The number of nitrogens with zero attached hydrogens (tertiary/aromatic N) is 1. The van der Waals surface area contributed by atoms with Gasteiger partial charge in [0, 0.05) is 22.0 Å². The average Bonchev–Trinajstić information content (AvgIpc) is 3.32. The fourth-order valence-electron chi connectivity index (χ4n) is 4.98. The van der Waals surface area contributed by atoms with Crippen molar-refractivity contribution in [3.63, 3.8) is 0 Å². The molecule has 2 aliphatic rings. The minimum atomic E-state index is -0.997. The topological polar surface area (TPSA) is 151 Å². The number of carboxylic acid groups (broad SMARTS) is 1. The molecule has 2 aromatic rings. The van der Waals surface area contributed by atoms with Crippen LogP contribution in [0.1, 0.15) is 61.3 Å². The van der Waals surface area contributed by atoms with Crippen LogP contribution in [-0.4, -0.2) is 64.4 Å². The summed E-state index contributed by atoms with van der Waals surface area (Å²) >= 11 is 2.49. The third-order valence-corrected chi connectivity index (χ3v) is 9.12. The molecule has 1 aliphatic carbocycles. The van der Waals surface area contributed by atoms with E-state index >= 15 is 0 Å². The second kappa shape index (κ2) is 14.3. The number of benzene rings is 1. The molecule has 0 bridgehead atoms. The summed E-state index contributed by atoms with van der Waals surface area (Å²) in [7, 11) is 0. The maximum Gasteiger partial charge on any atom is 0.410 e. The molecule has 236 valence electrons. The predicted octanol–water partition coefficient (Wildman–Crippen LogP) is 5.55. The van der Waals surface area contributed by atoms with Crippen LogP contribution in [0, 0.1) is 11.8 Å². The molecule has 2 atom stereocenters. The van der Waals surface area contributed by atoms with Crippen LogP contribution in [0.3, 0.4) is 0 Å². The van der Waals surface area contributed by atoms with Crippen LogP contribution < -0.4 is 10.6 Å². The Hall–Kier alpha value is -3.84. The van der Waals surface area contributed by atoms with E-state index in [2.05, 4.69) is 10.6 Å². The quantitative estimate of drug-likeness (QED) is 0.181. The lowest BCUT2D eigenvalue weighted by molar-refractivity contribution is -0.146. The van der Waals surface area contributed by atoms with Crippen molar-refractivity contribution < 1.29 is 38.6 Å². The molecule has 2 heterocycles. The largest absolute Gasteiger partial charge is 0.481 e. The zero-order valence-electron chi connectivity index (χ0n) is 25.1. The van der Waals surface area contributed by atoms with Gasteiger partial charge < -0.3 is 30.1 Å². The molecule has 4 rings (SSSR count). The summed E-state index contributed by atoms with van der Waals surface area (Å²) in [6, 6.07) is 6.98. The molecule has 2 unspecified atom stereocenters. The Morgan fingerprint density at radius 1 is 1.09 bits per heavy atom. The van der Waals surface area contributed by atoms with E-state index in [1.807, 2.05) is 6.08 Å². The number of fused-ring (bicyclic) bond motifs is 1. The van der Waals surface area contributed by atoms with E-state index in [1.54, 1.807) is 62.9 Å². The smallest absolute Gasteiger partial charge is 0.410 e. The third kappa shape index (κ3) is 8.41. The van der Waals surface area contributed by atoms with E-state index in [9.17, 15) is 29.1 Å². The van der Waals surface area contributed by atoms with Crippen LogP contribution in [0.5, 0.6) is 0 Å². The van der Waals surface area contributed by atoms with E-state index in [-0.39, 0.29) is 30.7 Å². The van der Waals surface area contributed by atoms with Crippen molar-refractivity contribution >= 4 is 63.6 Å². The second-order valence-corrected chi connectivity index (χ2v) is 13.6. The molecular weight excluding hydrogens is 606 g/mol. The number of carboxylic acids is 1. The lowest BCUT2D eigenvalue weighted by Crippen LogP contribution is -2.39. The molecule has 1 aromatic heterocycles. The molecule has 3 amide bonds. The highest BCUT2D eigenvalue weighted by molar-refractivity contribution is 8.00. The Morgan fingerprint density at radius 3 is 2.50 bits per heavy atom. The monoisotopic (exact) mass is 643 g/mol. The van der Waals surface area contributed by atoms with Crippen LogP contribution in [0.25, 0.3) is 0 Å². The van der Waals surface area contributed by atoms with Crippen LogP contribution in [0.4, 0.5) is 15.5 Å². The van der Waals surface area contributed by atoms with Crippen molar-refractivity contribution in [1.29, 1.82) is 0 Å². The Balaban J connectivity index is 1.41. The van der Waals surface area contributed by atoms with Gasteiger partial charge in [0.2, 0.25) is 11.8 Å². The number of ether oxygens (including phenoxy) is 2. The van der Waals surface area contributed by atoms with Gasteiger partial charge in [0.1, 0.15) is 10.6 Å². The van der Waals surface area contributed by atoms with E-state index in [0.29, 0.717) is 42.1 Å². The van der Waals surface area contributed by atoms with Gasteiger partial charge in [-0.05, 0) is 70.7 Å². The number of carbonyl (C=O) groups is 5. The summed E-state index contributed by atoms with van der Waals surface area (Å²) in [5, 5.41) is 15.5. The SMILES string of the molecule is CCOC(=O)c1c(NC(=O)CSc2cccc(NC(=O)C3CC=CCC3C(=O)O)c2)sc2c1CCN(C(=O)OC(C)(C)C)C2. The summed E-state index contributed by atoms with van der Waals surface area (Å²) in [4.78, 5) is 66.1. The molecule has 11 nitrogen and oxygen atoms in total. The fourth-order valence-corrected chi connectivity index (χ4v) is 7.00. The maximum atomic E-state index is 13.0. The number of amides is 3. The van der Waals surface area contributed by atoms with E-state index in [4.69, 9.17) is 9.47 Å². The zero-order chi connectivity index (χ0) is 32.0. The zero-order valence-corrected chi connectivity index (χ0v) is 26.8. The molecular formula is C31H37N3O8S2. The average molecular weight is 644 g/mol. The number of esters is 1. The van der Waals surface area contributed by atoms with Crippen LogP contribution >= 0.6 is 23.1 Å². The lowest BCUT2D eigenvalue weighted by Gasteiger charge is -2.30. The van der Waals surface area contributed by atoms with Gasteiger partial charge in [0.25, 0.3) is 0 Å². The van der Waals surface area contributed by atoms with Crippen molar-refractivity contribution in [2.45, 2.75) is 64.0 Å². The fraction of sp³-hybridized carbons (Fsp3) is 0.452. The normalized spacial score (nSPS) is 17.8. The first-order chi connectivity index (χ1) is 20.9. The van der Waals surface area contributed by atoms with Crippen molar-refractivity contribution in [3.8, 4) is 0 Å². The Bertz CT molecular complexity index is 1460. The Labute approximate surface area is 264 Å². The van der Waals surface area contributed by atoms with Crippen molar-refractivity contribution in [2.24, 2.45) is 11.8 Å². The first-order valence-electron chi connectivity index (χ1n) is 14.4. The molecule has 3 N–H and O–H groups in total.